The van der Waals surface area contributed by atoms with E-state index in [4.69, 9.17) is 14.8 Å². The first-order chi connectivity index (χ1) is 13.6. The van der Waals surface area contributed by atoms with Crippen molar-refractivity contribution < 1.29 is 14.6 Å². The van der Waals surface area contributed by atoms with Gasteiger partial charge in [0.2, 0.25) is 0 Å². The van der Waals surface area contributed by atoms with Crippen LogP contribution in [0.4, 0.5) is 0 Å². The highest BCUT2D eigenvalue weighted by atomic mass is 16.5. The number of carbonyl (C=O) groups is 1. The summed E-state index contributed by atoms with van der Waals surface area (Å²) < 4.78 is 5.43. The number of carboxylic acids is 1. The van der Waals surface area contributed by atoms with Crippen molar-refractivity contribution in [2.45, 2.75) is 6.54 Å². The van der Waals surface area contributed by atoms with Crippen molar-refractivity contribution in [3.8, 4) is 17.3 Å². The van der Waals surface area contributed by atoms with E-state index in [2.05, 4.69) is 16.0 Å². The van der Waals surface area contributed by atoms with E-state index < -0.39 is 5.97 Å². The van der Waals surface area contributed by atoms with Crippen LogP contribution < -0.4 is 0 Å². The van der Waals surface area contributed by atoms with Gasteiger partial charge in [-0.05, 0) is 35.9 Å². The summed E-state index contributed by atoms with van der Waals surface area (Å²) in [5.41, 5.74) is 3.82. The zero-order valence-corrected chi connectivity index (χ0v) is 15.1. The molecule has 1 N–H and O–H groups in total. The van der Waals surface area contributed by atoms with E-state index in [1.807, 2.05) is 12.1 Å². The predicted octanol–water partition coefficient (Wildman–Crippen LogP) is 2.70. The summed E-state index contributed by atoms with van der Waals surface area (Å²) in [4.78, 5) is 22.1. The first-order valence-electron chi connectivity index (χ1n) is 8.97. The van der Waals surface area contributed by atoms with Crippen LogP contribution in [0.5, 0.6) is 0 Å². The SMILES string of the molecule is N#Cc1ccc2c(CN3CCOCC3)cc(-c3ccc(C(=O)O)nc3)nc2c1. The van der Waals surface area contributed by atoms with Gasteiger partial charge in [0.05, 0.1) is 36.1 Å². The summed E-state index contributed by atoms with van der Waals surface area (Å²) in [6, 6.07) is 12.9. The molecule has 3 heterocycles. The Labute approximate surface area is 161 Å². The normalized spacial score (nSPS) is 14.7. The van der Waals surface area contributed by atoms with E-state index in [9.17, 15) is 10.1 Å². The van der Waals surface area contributed by atoms with Gasteiger partial charge in [-0.15, -0.1) is 0 Å². The maximum atomic E-state index is 11.0. The maximum absolute atomic E-state index is 11.0. The third-order valence-electron chi connectivity index (χ3n) is 4.80. The lowest BCUT2D eigenvalue weighted by Crippen LogP contribution is -2.35. The summed E-state index contributed by atoms with van der Waals surface area (Å²) in [6.07, 6.45) is 1.52. The molecule has 1 aliphatic heterocycles. The second-order valence-corrected chi connectivity index (χ2v) is 6.64. The number of aromatic nitrogens is 2. The van der Waals surface area contributed by atoms with Gasteiger partial charge in [-0.3, -0.25) is 4.90 Å². The number of pyridine rings is 2. The minimum absolute atomic E-state index is 0.00940. The van der Waals surface area contributed by atoms with Crippen molar-refractivity contribution in [3.05, 3.63) is 59.4 Å². The number of carboxylic acid groups (broad SMARTS) is 1. The van der Waals surface area contributed by atoms with Crippen LogP contribution in [0.2, 0.25) is 0 Å². The van der Waals surface area contributed by atoms with Crippen molar-refractivity contribution in [1.29, 1.82) is 5.26 Å². The van der Waals surface area contributed by atoms with Crippen molar-refractivity contribution >= 4 is 16.9 Å². The first kappa shape index (κ1) is 18.0. The third-order valence-corrected chi connectivity index (χ3v) is 4.80. The number of hydrogen-bond donors (Lipinski definition) is 1. The van der Waals surface area contributed by atoms with Crippen molar-refractivity contribution in [2.75, 3.05) is 26.3 Å². The molecule has 0 amide bonds. The van der Waals surface area contributed by atoms with Crippen molar-refractivity contribution in [3.63, 3.8) is 0 Å². The summed E-state index contributed by atoms with van der Waals surface area (Å²) >= 11 is 0. The molecule has 28 heavy (non-hydrogen) atoms. The van der Waals surface area contributed by atoms with Crippen LogP contribution in [0, 0.1) is 11.3 Å². The zero-order chi connectivity index (χ0) is 19.5. The van der Waals surface area contributed by atoms with Crippen LogP contribution in [0.15, 0.2) is 42.6 Å². The van der Waals surface area contributed by atoms with E-state index >= 15 is 0 Å². The maximum Gasteiger partial charge on any atom is 0.354 e. The predicted molar refractivity (Wildman–Crippen MR) is 103 cm³/mol. The molecule has 1 aliphatic rings. The van der Waals surface area contributed by atoms with E-state index in [1.54, 1.807) is 18.2 Å². The van der Waals surface area contributed by atoms with Gasteiger partial charge in [0.25, 0.3) is 0 Å². The van der Waals surface area contributed by atoms with Crippen LogP contribution in [-0.2, 0) is 11.3 Å². The van der Waals surface area contributed by atoms with Crippen LogP contribution in [0.1, 0.15) is 21.6 Å². The molecular weight excluding hydrogens is 356 g/mol. The van der Waals surface area contributed by atoms with Gasteiger partial charge >= 0.3 is 5.97 Å². The Balaban J connectivity index is 1.79. The fraction of sp³-hybridized carbons (Fsp3) is 0.238. The van der Waals surface area contributed by atoms with Crippen LogP contribution in [0.25, 0.3) is 22.2 Å². The Morgan fingerprint density at radius 3 is 2.71 bits per heavy atom. The molecule has 4 rings (SSSR count). The summed E-state index contributed by atoms with van der Waals surface area (Å²) in [5.74, 6) is -1.07. The standard InChI is InChI=1S/C21H18N4O3/c22-11-14-1-3-17-16(13-25-5-7-28-8-6-25)10-19(24-20(17)9-14)15-2-4-18(21(26)27)23-12-15/h1-4,9-10,12H,5-8,13H2,(H,26,27). The van der Waals surface area contributed by atoms with E-state index in [0.29, 0.717) is 11.3 Å². The average molecular weight is 374 g/mol. The first-order valence-corrected chi connectivity index (χ1v) is 8.97. The summed E-state index contributed by atoms with van der Waals surface area (Å²) in [6.45, 7) is 3.92. The molecule has 1 aromatic carbocycles. The number of hydrogen-bond acceptors (Lipinski definition) is 6. The minimum Gasteiger partial charge on any atom is -0.477 e. The van der Waals surface area contributed by atoms with E-state index in [1.165, 1.54) is 12.3 Å². The molecule has 0 spiro atoms. The Morgan fingerprint density at radius 1 is 1.21 bits per heavy atom. The number of rotatable bonds is 4. The summed E-state index contributed by atoms with van der Waals surface area (Å²) in [5, 5.41) is 19.3. The number of morpholine rings is 1. The molecule has 140 valence electrons. The molecule has 2 aromatic heterocycles. The number of nitrogens with zero attached hydrogens (tertiary/aromatic N) is 4. The monoisotopic (exact) mass is 374 g/mol. The van der Waals surface area contributed by atoms with Crippen LogP contribution >= 0.6 is 0 Å². The molecular formula is C21H18N4O3. The summed E-state index contributed by atoms with van der Waals surface area (Å²) in [7, 11) is 0. The third kappa shape index (κ3) is 3.69. The van der Waals surface area contributed by atoms with Crippen LogP contribution in [-0.4, -0.2) is 52.2 Å². The number of ether oxygens (including phenoxy) is 1. The zero-order valence-electron chi connectivity index (χ0n) is 15.1. The van der Waals surface area contributed by atoms with E-state index in [0.717, 1.165) is 54.9 Å². The largest absolute Gasteiger partial charge is 0.477 e. The fourth-order valence-electron chi connectivity index (χ4n) is 3.32. The lowest BCUT2D eigenvalue weighted by Gasteiger charge is -2.27. The molecule has 7 heteroatoms. The van der Waals surface area contributed by atoms with Crippen LogP contribution in [0.3, 0.4) is 0 Å². The number of fused-ring (bicyclic) bond motifs is 1. The quantitative estimate of drug-likeness (QED) is 0.749. The van der Waals surface area contributed by atoms with Gasteiger partial charge in [0, 0.05) is 36.8 Å². The Bertz CT molecular complexity index is 1070. The Kier molecular flexibility index (Phi) is 4.98. The van der Waals surface area contributed by atoms with Gasteiger partial charge in [-0.2, -0.15) is 5.26 Å². The molecule has 0 bridgehead atoms. The van der Waals surface area contributed by atoms with Crippen molar-refractivity contribution in [2.24, 2.45) is 0 Å². The van der Waals surface area contributed by atoms with Gasteiger partial charge in [0.15, 0.2) is 0 Å². The molecule has 0 unspecified atom stereocenters. The second kappa shape index (κ2) is 7.72. The lowest BCUT2D eigenvalue weighted by atomic mass is 10.0. The average Bonchev–Trinajstić information content (AvgIpc) is 2.74. The van der Waals surface area contributed by atoms with Gasteiger partial charge in [0.1, 0.15) is 5.69 Å². The highest BCUT2D eigenvalue weighted by Gasteiger charge is 2.15. The molecule has 1 fully saturated rings. The lowest BCUT2D eigenvalue weighted by molar-refractivity contribution is 0.0343. The smallest absolute Gasteiger partial charge is 0.354 e. The topological polar surface area (TPSA) is 99.3 Å². The molecule has 0 saturated carbocycles. The highest BCUT2D eigenvalue weighted by molar-refractivity contribution is 5.87. The molecule has 1 saturated heterocycles. The molecule has 0 aliphatic carbocycles. The highest BCUT2D eigenvalue weighted by Crippen LogP contribution is 2.26. The van der Waals surface area contributed by atoms with Gasteiger partial charge < -0.3 is 9.84 Å². The molecule has 3 aromatic rings. The van der Waals surface area contributed by atoms with Gasteiger partial charge in [-0.25, -0.2) is 14.8 Å². The fourth-order valence-corrected chi connectivity index (χ4v) is 3.32. The van der Waals surface area contributed by atoms with E-state index in [-0.39, 0.29) is 5.69 Å². The van der Waals surface area contributed by atoms with Gasteiger partial charge in [-0.1, -0.05) is 6.07 Å². The molecule has 0 radical (unpaired) electrons. The molecule has 7 nitrogen and oxygen atoms in total. The number of aromatic carboxylic acids is 1. The number of benzene rings is 1. The number of nitriles is 1. The molecule has 0 atom stereocenters. The minimum atomic E-state index is -1.07. The second-order valence-electron chi connectivity index (χ2n) is 6.64. The Morgan fingerprint density at radius 2 is 2.04 bits per heavy atom. The van der Waals surface area contributed by atoms with Crippen molar-refractivity contribution in [1.82, 2.24) is 14.9 Å². The Hall–Kier alpha value is -3.34.